The van der Waals surface area contributed by atoms with Gasteiger partial charge in [-0.05, 0) is 48.7 Å². The number of rotatable bonds is 1. The highest BCUT2D eigenvalue weighted by molar-refractivity contribution is 6.10. The number of carbonyl (C=O) groups is 1. The molecule has 0 saturated carbocycles. The second-order valence-electron chi connectivity index (χ2n) is 5.70. The normalized spacial score (nSPS) is 14.0. The van der Waals surface area contributed by atoms with E-state index in [-0.39, 0.29) is 11.7 Å². The minimum absolute atomic E-state index is 0.0701. The summed E-state index contributed by atoms with van der Waals surface area (Å²) >= 11 is 0. The molecule has 1 aromatic heterocycles. The molecule has 2 N–H and O–H groups in total. The lowest BCUT2D eigenvalue weighted by atomic mass is 9.99. The third kappa shape index (κ3) is 1.84. The molecular formula is C18H15FN2O. The molecule has 4 heteroatoms. The Morgan fingerprint density at radius 2 is 2.00 bits per heavy atom. The summed E-state index contributed by atoms with van der Waals surface area (Å²) in [4.78, 5) is 15.5. The van der Waals surface area contributed by atoms with Crippen LogP contribution in [0.5, 0.6) is 0 Å². The van der Waals surface area contributed by atoms with Crippen LogP contribution in [0.4, 0.5) is 4.39 Å². The number of carbonyl (C=O) groups excluding carboxylic acids is 1. The van der Waals surface area contributed by atoms with Crippen molar-refractivity contribution in [2.24, 2.45) is 0 Å². The largest absolute Gasteiger partial charge is 0.354 e. The molecule has 0 spiro atoms. The van der Waals surface area contributed by atoms with E-state index in [1.165, 1.54) is 6.07 Å². The second kappa shape index (κ2) is 4.70. The Hall–Kier alpha value is -2.62. The van der Waals surface area contributed by atoms with Crippen LogP contribution < -0.4 is 5.32 Å². The summed E-state index contributed by atoms with van der Waals surface area (Å²) in [7, 11) is 0. The molecule has 3 aromatic rings. The lowest BCUT2D eigenvalue weighted by Crippen LogP contribution is -2.23. The number of benzene rings is 2. The van der Waals surface area contributed by atoms with Crippen LogP contribution in [0.1, 0.15) is 21.5 Å². The van der Waals surface area contributed by atoms with E-state index >= 15 is 0 Å². The molecule has 1 amide bonds. The number of aromatic amines is 1. The van der Waals surface area contributed by atoms with E-state index in [4.69, 9.17) is 0 Å². The third-order valence-electron chi connectivity index (χ3n) is 4.23. The first-order valence-corrected chi connectivity index (χ1v) is 7.33. The number of aryl methyl sites for hydroxylation is 1. The lowest BCUT2D eigenvalue weighted by Gasteiger charge is -2.06. The lowest BCUT2D eigenvalue weighted by molar-refractivity contribution is 0.0957. The summed E-state index contributed by atoms with van der Waals surface area (Å²) in [6.07, 6.45) is 0.686. The molecular weight excluding hydrogens is 279 g/mol. The zero-order valence-corrected chi connectivity index (χ0v) is 12.2. The van der Waals surface area contributed by atoms with E-state index < -0.39 is 0 Å². The van der Waals surface area contributed by atoms with Crippen molar-refractivity contribution in [2.45, 2.75) is 13.3 Å². The SMILES string of the molecule is Cc1ccc(-c2[nH]c3cccc4c3c2CCNC4=O)c(F)c1. The first-order chi connectivity index (χ1) is 10.6. The van der Waals surface area contributed by atoms with Gasteiger partial charge < -0.3 is 10.3 Å². The Kier molecular flexibility index (Phi) is 2.79. The van der Waals surface area contributed by atoms with Crippen molar-refractivity contribution in [3.63, 3.8) is 0 Å². The minimum Gasteiger partial charge on any atom is -0.354 e. The summed E-state index contributed by atoms with van der Waals surface area (Å²) in [5, 5.41) is 3.80. The molecule has 4 rings (SSSR count). The van der Waals surface area contributed by atoms with Gasteiger partial charge in [0.1, 0.15) is 5.82 Å². The van der Waals surface area contributed by atoms with Crippen LogP contribution in [0.3, 0.4) is 0 Å². The Morgan fingerprint density at radius 3 is 2.82 bits per heavy atom. The van der Waals surface area contributed by atoms with Crippen molar-refractivity contribution >= 4 is 16.8 Å². The quantitative estimate of drug-likeness (QED) is 0.708. The summed E-state index contributed by atoms with van der Waals surface area (Å²) in [6.45, 7) is 2.43. The van der Waals surface area contributed by atoms with Crippen LogP contribution in [0.15, 0.2) is 36.4 Å². The van der Waals surface area contributed by atoms with Crippen molar-refractivity contribution in [2.75, 3.05) is 6.54 Å². The zero-order valence-electron chi connectivity index (χ0n) is 12.2. The van der Waals surface area contributed by atoms with Gasteiger partial charge >= 0.3 is 0 Å². The first kappa shape index (κ1) is 13.1. The predicted octanol–water partition coefficient (Wildman–Crippen LogP) is 3.57. The van der Waals surface area contributed by atoms with E-state index in [1.807, 2.05) is 31.2 Å². The standard InChI is InChI=1S/C18H15FN2O/c1-10-5-6-11(14(19)9-10)17-12-7-8-20-18(22)13-3-2-4-15(21-17)16(12)13/h2-6,9,21H,7-8H2,1H3,(H,20,22). The number of nitrogens with one attached hydrogen (secondary N) is 2. The first-order valence-electron chi connectivity index (χ1n) is 7.33. The molecule has 2 heterocycles. The maximum atomic E-state index is 14.4. The van der Waals surface area contributed by atoms with Crippen LogP contribution in [0, 0.1) is 12.7 Å². The van der Waals surface area contributed by atoms with E-state index in [1.54, 1.807) is 6.07 Å². The average Bonchev–Trinajstić information content (AvgIpc) is 2.76. The number of amides is 1. The zero-order chi connectivity index (χ0) is 15.3. The van der Waals surface area contributed by atoms with E-state index in [2.05, 4.69) is 10.3 Å². The fourth-order valence-electron chi connectivity index (χ4n) is 3.20. The highest BCUT2D eigenvalue weighted by Gasteiger charge is 2.23. The highest BCUT2D eigenvalue weighted by atomic mass is 19.1. The Morgan fingerprint density at radius 1 is 1.14 bits per heavy atom. The fourth-order valence-corrected chi connectivity index (χ4v) is 3.20. The van der Waals surface area contributed by atoms with Gasteiger partial charge in [0, 0.05) is 28.6 Å². The molecule has 0 unspecified atom stereocenters. The van der Waals surface area contributed by atoms with Crippen molar-refractivity contribution in [3.05, 3.63) is 58.9 Å². The van der Waals surface area contributed by atoms with Gasteiger partial charge in [0.2, 0.25) is 0 Å². The Bertz CT molecular complexity index is 911. The molecule has 0 atom stereocenters. The molecule has 1 aliphatic heterocycles. The van der Waals surface area contributed by atoms with Crippen LogP contribution in [-0.4, -0.2) is 17.4 Å². The molecule has 0 aliphatic carbocycles. The molecule has 3 nitrogen and oxygen atoms in total. The number of hydrogen-bond donors (Lipinski definition) is 2. The van der Waals surface area contributed by atoms with E-state index in [0.29, 0.717) is 24.1 Å². The van der Waals surface area contributed by atoms with E-state index in [0.717, 1.165) is 27.7 Å². The number of hydrogen-bond acceptors (Lipinski definition) is 1. The van der Waals surface area contributed by atoms with Crippen LogP contribution in [0.25, 0.3) is 22.2 Å². The predicted molar refractivity (Wildman–Crippen MR) is 84.5 cm³/mol. The maximum Gasteiger partial charge on any atom is 0.251 e. The van der Waals surface area contributed by atoms with Crippen molar-refractivity contribution in [1.29, 1.82) is 0 Å². The topological polar surface area (TPSA) is 44.9 Å². The van der Waals surface area contributed by atoms with E-state index in [9.17, 15) is 9.18 Å². The van der Waals surface area contributed by atoms with Gasteiger partial charge in [-0.15, -0.1) is 0 Å². The third-order valence-corrected chi connectivity index (χ3v) is 4.23. The van der Waals surface area contributed by atoms with Gasteiger partial charge in [-0.3, -0.25) is 4.79 Å². The molecule has 110 valence electrons. The molecule has 2 aromatic carbocycles. The Labute approximate surface area is 127 Å². The van der Waals surface area contributed by atoms with Gasteiger partial charge in [0.15, 0.2) is 0 Å². The van der Waals surface area contributed by atoms with Gasteiger partial charge in [0.25, 0.3) is 5.91 Å². The van der Waals surface area contributed by atoms with Crippen LogP contribution >= 0.6 is 0 Å². The molecule has 0 bridgehead atoms. The van der Waals surface area contributed by atoms with Crippen molar-refractivity contribution in [3.8, 4) is 11.3 Å². The summed E-state index contributed by atoms with van der Waals surface area (Å²) in [5.74, 6) is -0.313. The number of halogens is 1. The number of H-pyrrole nitrogens is 1. The van der Waals surface area contributed by atoms with Gasteiger partial charge in [-0.1, -0.05) is 12.1 Å². The Balaban J connectivity index is 2.05. The molecule has 22 heavy (non-hydrogen) atoms. The molecule has 1 aliphatic rings. The molecule has 0 saturated heterocycles. The maximum absolute atomic E-state index is 14.4. The molecule has 0 fully saturated rings. The number of aromatic nitrogens is 1. The summed E-state index contributed by atoms with van der Waals surface area (Å²) in [6, 6.07) is 10.8. The van der Waals surface area contributed by atoms with Crippen molar-refractivity contribution in [1.82, 2.24) is 10.3 Å². The molecule has 0 radical (unpaired) electrons. The van der Waals surface area contributed by atoms with Crippen molar-refractivity contribution < 1.29 is 9.18 Å². The summed E-state index contributed by atoms with van der Waals surface area (Å²) < 4.78 is 14.4. The monoisotopic (exact) mass is 294 g/mol. The smallest absolute Gasteiger partial charge is 0.251 e. The average molecular weight is 294 g/mol. The summed E-state index contributed by atoms with van der Waals surface area (Å²) in [5.41, 5.74) is 4.75. The minimum atomic E-state index is -0.243. The van der Waals surface area contributed by atoms with Gasteiger partial charge in [-0.2, -0.15) is 0 Å². The van der Waals surface area contributed by atoms with Crippen LogP contribution in [-0.2, 0) is 6.42 Å². The van der Waals surface area contributed by atoms with Gasteiger partial charge in [0.05, 0.1) is 5.69 Å². The van der Waals surface area contributed by atoms with Crippen LogP contribution in [0.2, 0.25) is 0 Å². The van der Waals surface area contributed by atoms with Gasteiger partial charge in [-0.25, -0.2) is 4.39 Å². The second-order valence-corrected chi connectivity index (χ2v) is 5.70. The highest BCUT2D eigenvalue weighted by Crippen LogP contribution is 2.35. The fraction of sp³-hybridized carbons (Fsp3) is 0.167.